The van der Waals surface area contributed by atoms with E-state index in [4.69, 9.17) is 0 Å². The molecule has 0 atom stereocenters. The molecule has 114 valence electrons. The van der Waals surface area contributed by atoms with Crippen LogP contribution in [-0.4, -0.2) is 39.5 Å². The quantitative estimate of drug-likeness (QED) is 0.583. The average molecular weight is 284 g/mol. The van der Waals surface area contributed by atoms with E-state index in [1.165, 1.54) is 0 Å². The molecule has 0 aromatic carbocycles. The van der Waals surface area contributed by atoms with Crippen molar-refractivity contribution in [3.8, 4) is 0 Å². The van der Waals surface area contributed by atoms with Crippen molar-refractivity contribution in [2.75, 3.05) is 24.6 Å². The van der Waals surface area contributed by atoms with Gasteiger partial charge in [0.1, 0.15) is 5.69 Å². The molecule has 7 heteroatoms. The lowest BCUT2D eigenvalue weighted by molar-refractivity contribution is -0.385. The average Bonchev–Trinajstić information content (AvgIpc) is 2.72. The summed E-state index contributed by atoms with van der Waals surface area (Å²) in [6.07, 6.45) is 1.91. The molecule has 0 bridgehead atoms. The molecule has 0 radical (unpaired) electrons. The van der Waals surface area contributed by atoms with Crippen LogP contribution in [0.4, 0.5) is 11.5 Å². The zero-order valence-electron chi connectivity index (χ0n) is 12.7. The summed E-state index contributed by atoms with van der Waals surface area (Å²) in [4.78, 5) is 12.9. The Balaban J connectivity index is 3.28. The number of unbranched alkanes of at least 4 members (excludes halogenated alkanes) is 1. The molecule has 20 heavy (non-hydrogen) atoms. The molecular formula is C13H24N4O3. The van der Waals surface area contributed by atoms with Gasteiger partial charge in [-0.3, -0.25) is 10.1 Å². The van der Waals surface area contributed by atoms with Gasteiger partial charge in [0.15, 0.2) is 0 Å². The minimum atomic E-state index is -0.367. The zero-order chi connectivity index (χ0) is 15.3. The lowest BCUT2D eigenvalue weighted by atomic mass is 10.1. The van der Waals surface area contributed by atoms with Crippen LogP contribution in [-0.2, 0) is 7.05 Å². The van der Waals surface area contributed by atoms with E-state index in [1.807, 2.05) is 18.7 Å². The van der Waals surface area contributed by atoms with E-state index in [1.54, 1.807) is 11.7 Å². The summed E-state index contributed by atoms with van der Waals surface area (Å²) in [6.45, 7) is 6.85. The highest BCUT2D eigenvalue weighted by molar-refractivity contribution is 5.62. The van der Waals surface area contributed by atoms with Crippen molar-refractivity contribution in [3.63, 3.8) is 0 Å². The number of aliphatic hydroxyl groups excluding tert-OH is 1. The fraction of sp³-hybridized carbons (Fsp3) is 0.769. The third-order valence-corrected chi connectivity index (χ3v) is 3.20. The van der Waals surface area contributed by atoms with Crippen molar-refractivity contribution in [2.24, 2.45) is 7.05 Å². The molecule has 0 aliphatic carbocycles. The van der Waals surface area contributed by atoms with Gasteiger partial charge in [-0.1, -0.05) is 27.2 Å². The molecule has 7 nitrogen and oxygen atoms in total. The molecule has 1 N–H and O–H groups in total. The second kappa shape index (κ2) is 7.23. The highest BCUT2D eigenvalue weighted by Crippen LogP contribution is 2.35. The molecule has 1 aromatic rings. The second-order valence-corrected chi connectivity index (χ2v) is 5.16. The van der Waals surface area contributed by atoms with Gasteiger partial charge in [-0.25, -0.2) is 4.68 Å². The van der Waals surface area contributed by atoms with Crippen LogP contribution in [0, 0.1) is 10.1 Å². The maximum atomic E-state index is 11.4. The molecule has 1 rings (SSSR count). The molecule has 0 aliphatic rings. The standard InChI is InChI=1S/C13H24N4O3/c1-5-6-7-16(8-9-18)13-12(17(19)20)11(10(2)3)14-15(13)4/h10,18H,5-9H2,1-4H3. The highest BCUT2D eigenvalue weighted by atomic mass is 16.6. The van der Waals surface area contributed by atoms with Gasteiger partial charge in [0.25, 0.3) is 0 Å². The molecule has 0 spiro atoms. The van der Waals surface area contributed by atoms with Crippen LogP contribution in [0.25, 0.3) is 0 Å². The van der Waals surface area contributed by atoms with Crippen LogP contribution < -0.4 is 4.90 Å². The van der Waals surface area contributed by atoms with Crippen LogP contribution in [0.3, 0.4) is 0 Å². The number of aryl methyl sites for hydroxylation is 1. The number of anilines is 1. The first-order valence-corrected chi connectivity index (χ1v) is 7.01. The first-order valence-electron chi connectivity index (χ1n) is 7.01. The Kier molecular flexibility index (Phi) is 5.94. The predicted molar refractivity (Wildman–Crippen MR) is 78.2 cm³/mol. The van der Waals surface area contributed by atoms with E-state index in [2.05, 4.69) is 12.0 Å². The smallest absolute Gasteiger partial charge is 0.334 e. The van der Waals surface area contributed by atoms with Crippen LogP contribution in [0.2, 0.25) is 0 Å². The number of aromatic nitrogens is 2. The molecular weight excluding hydrogens is 260 g/mol. The fourth-order valence-electron chi connectivity index (χ4n) is 2.24. The molecule has 0 unspecified atom stereocenters. The van der Waals surface area contributed by atoms with Crippen molar-refractivity contribution in [1.82, 2.24) is 9.78 Å². The largest absolute Gasteiger partial charge is 0.395 e. The second-order valence-electron chi connectivity index (χ2n) is 5.16. The van der Waals surface area contributed by atoms with E-state index >= 15 is 0 Å². The normalized spacial score (nSPS) is 11.1. The number of aliphatic hydroxyl groups is 1. The van der Waals surface area contributed by atoms with Gasteiger partial charge in [0.2, 0.25) is 5.82 Å². The van der Waals surface area contributed by atoms with Crippen LogP contribution in [0.15, 0.2) is 0 Å². The molecule has 0 saturated carbocycles. The third-order valence-electron chi connectivity index (χ3n) is 3.20. The van der Waals surface area contributed by atoms with Crippen molar-refractivity contribution in [1.29, 1.82) is 0 Å². The first-order chi connectivity index (χ1) is 9.43. The summed E-state index contributed by atoms with van der Waals surface area (Å²) < 4.78 is 1.55. The topological polar surface area (TPSA) is 84.4 Å². The number of hydrogen-bond donors (Lipinski definition) is 1. The monoisotopic (exact) mass is 284 g/mol. The zero-order valence-corrected chi connectivity index (χ0v) is 12.7. The Morgan fingerprint density at radius 2 is 2.10 bits per heavy atom. The molecule has 0 amide bonds. The SMILES string of the molecule is CCCCN(CCO)c1c([N+](=O)[O-])c(C(C)C)nn1C. The van der Waals surface area contributed by atoms with E-state index in [-0.39, 0.29) is 23.1 Å². The summed E-state index contributed by atoms with van der Waals surface area (Å²) in [5.41, 5.74) is 0.555. The summed E-state index contributed by atoms with van der Waals surface area (Å²) in [6, 6.07) is 0. The number of rotatable bonds is 8. The minimum Gasteiger partial charge on any atom is -0.395 e. The van der Waals surface area contributed by atoms with Gasteiger partial charge >= 0.3 is 5.69 Å². The van der Waals surface area contributed by atoms with E-state index in [0.29, 0.717) is 24.6 Å². The summed E-state index contributed by atoms with van der Waals surface area (Å²) in [7, 11) is 1.71. The van der Waals surface area contributed by atoms with Crippen LogP contribution in [0.5, 0.6) is 0 Å². The Hall–Kier alpha value is -1.63. The van der Waals surface area contributed by atoms with Gasteiger partial charge in [-0.15, -0.1) is 0 Å². The van der Waals surface area contributed by atoms with E-state index < -0.39 is 0 Å². The maximum Gasteiger partial charge on any atom is 0.334 e. The molecule has 1 heterocycles. The highest BCUT2D eigenvalue weighted by Gasteiger charge is 2.31. The lowest BCUT2D eigenvalue weighted by Gasteiger charge is -2.22. The molecule has 0 aliphatic heterocycles. The molecule has 0 saturated heterocycles. The number of nitrogens with zero attached hydrogens (tertiary/aromatic N) is 4. The maximum absolute atomic E-state index is 11.4. The van der Waals surface area contributed by atoms with Crippen LogP contribution >= 0.6 is 0 Å². The Labute approximate surface area is 119 Å². The van der Waals surface area contributed by atoms with Crippen molar-refractivity contribution < 1.29 is 10.0 Å². The van der Waals surface area contributed by atoms with Crippen molar-refractivity contribution >= 4 is 11.5 Å². The van der Waals surface area contributed by atoms with Gasteiger partial charge in [0.05, 0.1) is 11.5 Å². The Bertz CT molecular complexity index is 457. The van der Waals surface area contributed by atoms with Crippen molar-refractivity contribution in [2.45, 2.75) is 39.5 Å². The van der Waals surface area contributed by atoms with Crippen LogP contribution in [0.1, 0.15) is 45.2 Å². The van der Waals surface area contributed by atoms with Gasteiger partial charge < -0.3 is 10.0 Å². The number of hydrogen-bond acceptors (Lipinski definition) is 5. The van der Waals surface area contributed by atoms with Gasteiger partial charge in [-0.05, 0) is 6.42 Å². The first kappa shape index (κ1) is 16.4. The molecule has 1 aromatic heterocycles. The fourth-order valence-corrected chi connectivity index (χ4v) is 2.24. The minimum absolute atomic E-state index is 0.0162. The summed E-state index contributed by atoms with van der Waals surface area (Å²) >= 11 is 0. The lowest BCUT2D eigenvalue weighted by Crippen LogP contribution is -2.30. The predicted octanol–water partition coefficient (Wildman–Crippen LogP) is 2.05. The third kappa shape index (κ3) is 3.47. The number of nitro groups is 1. The van der Waals surface area contributed by atoms with Gasteiger partial charge in [0, 0.05) is 26.1 Å². The Morgan fingerprint density at radius 3 is 2.55 bits per heavy atom. The van der Waals surface area contributed by atoms with Crippen molar-refractivity contribution in [3.05, 3.63) is 15.8 Å². The molecule has 0 fully saturated rings. The van der Waals surface area contributed by atoms with Gasteiger partial charge in [-0.2, -0.15) is 5.10 Å². The Morgan fingerprint density at radius 1 is 1.45 bits per heavy atom. The van der Waals surface area contributed by atoms with E-state index in [9.17, 15) is 15.2 Å². The van der Waals surface area contributed by atoms with E-state index in [0.717, 1.165) is 12.8 Å². The summed E-state index contributed by atoms with van der Waals surface area (Å²) in [5, 5.41) is 24.9. The summed E-state index contributed by atoms with van der Waals surface area (Å²) in [5.74, 6) is 0.471.